The lowest BCUT2D eigenvalue weighted by atomic mass is 10.1. The molecule has 0 aromatic heterocycles. The van der Waals surface area contributed by atoms with Crippen LogP contribution < -0.4 is 25.4 Å². The zero-order chi connectivity index (χ0) is 29.9. The molecular weight excluding hydrogens is 618 g/mol. The molecule has 4 aromatic carbocycles. The highest BCUT2D eigenvalue weighted by molar-refractivity contribution is 9.10. The molecule has 0 aliphatic rings. The first-order valence-corrected chi connectivity index (χ1v) is 14.5. The van der Waals surface area contributed by atoms with Crippen molar-refractivity contribution in [2.24, 2.45) is 0 Å². The van der Waals surface area contributed by atoms with Crippen molar-refractivity contribution < 1.29 is 23.9 Å². The molecule has 4 aromatic rings. The quantitative estimate of drug-likeness (QED) is 0.125. The molecule has 0 saturated heterocycles. The normalized spacial score (nSPS) is 10.9. The van der Waals surface area contributed by atoms with Crippen molar-refractivity contribution in [2.75, 3.05) is 30.6 Å². The predicted octanol–water partition coefficient (Wildman–Crippen LogP) is 6.61. The number of halogens is 1. The van der Waals surface area contributed by atoms with Crippen molar-refractivity contribution >= 4 is 62.9 Å². The maximum Gasteiger partial charge on any atom is 0.272 e. The summed E-state index contributed by atoms with van der Waals surface area (Å²) in [5.41, 5.74) is 2.24. The van der Waals surface area contributed by atoms with Crippen LogP contribution in [0.25, 0.3) is 6.08 Å². The summed E-state index contributed by atoms with van der Waals surface area (Å²) in [6.45, 7) is 0. The molecule has 0 saturated carbocycles. The largest absolute Gasteiger partial charge is 0.497 e. The Morgan fingerprint density at radius 3 is 2.36 bits per heavy atom. The van der Waals surface area contributed by atoms with Gasteiger partial charge in [-0.15, -0.1) is 11.8 Å². The van der Waals surface area contributed by atoms with E-state index < -0.39 is 11.8 Å². The summed E-state index contributed by atoms with van der Waals surface area (Å²) in [4.78, 5) is 39.7. The van der Waals surface area contributed by atoms with E-state index >= 15 is 0 Å². The van der Waals surface area contributed by atoms with E-state index in [1.54, 1.807) is 73.8 Å². The van der Waals surface area contributed by atoms with Crippen molar-refractivity contribution in [2.45, 2.75) is 4.90 Å². The molecule has 0 atom stereocenters. The fraction of sp³-hybridized carbons (Fsp3) is 0.0938. The van der Waals surface area contributed by atoms with Crippen LogP contribution in [0.5, 0.6) is 11.5 Å². The summed E-state index contributed by atoms with van der Waals surface area (Å²) >= 11 is 4.74. The van der Waals surface area contributed by atoms with Gasteiger partial charge < -0.3 is 25.4 Å². The van der Waals surface area contributed by atoms with Crippen LogP contribution in [0, 0.1) is 0 Å². The van der Waals surface area contributed by atoms with Crippen molar-refractivity contribution in [1.29, 1.82) is 0 Å². The van der Waals surface area contributed by atoms with E-state index in [2.05, 4.69) is 31.9 Å². The number of benzene rings is 4. The Bertz CT molecular complexity index is 1610. The fourth-order valence-corrected chi connectivity index (χ4v) is 4.99. The lowest BCUT2D eigenvalue weighted by Gasteiger charge is -2.13. The summed E-state index contributed by atoms with van der Waals surface area (Å²) in [6.07, 6.45) is 1.61. The molecule has 0 bridgehead atoms. The van der Waals surface area contributed by atoms with Gasteiger partial charge in [-0.2, -0.15) is 0 Å². The third kappa shape index (κ3) is 8.73. The van der Waals surface area contributed by atoms with E-state index in [9.17, 15) is 14.4 Å². The van der Waals surface area contributed by atoms with E-state index in [1.165, 1.54) is 18.9 Å². The maximum absolute atomic E-state index is 13.4. The van der Waals surface area contributed by atoms with E-state index in [1.807, 2.05) is 36.4 Å². The molecule has 0 aliphatic heterocycles. The molecule has 214 valence electrons. The van der Waals surface area contributed by atoms with E-state index in [4.69, 9.17) is 9.47 Å². The van der Waals surface area contributed by atoms with Gasteiger partial charge in [-0.05, 0) is 66.2 Å². The minimum absolute atomic E-state index is 0.0756. The van der Waals surface area contributed by atoms with Gasteiger partial charge >= 0.3 is 0 Å². The molecule has 0 radical (unpaired) electrons. The summed E-state index contributed by atoms with van der Waals surface area (Å²) in [5.74, 6) is 0.0994. The predicted molar refractivity (Wildman–Crippen MR) is 170 cm³/mol. The minimum atomic E-state index is -0.496. The number of hydrogen-bond acceptors (Lipinski definition) is 6. The SMILES string of the molecule is COc1ccc(OC)c(NC(=O)CSc2cccc(NC(=O)/C(=C\c3cccc(Br)c3)NC(=O)c3ccccc3)c2)c1. The number of carbonyl (C=O) groups excluding carboxylic acids is 3. The number of carbonyl (C=O) groups is 3. The molecule has 0 fully saturated rings. The Hall–Kier alpha value is -4.54. The molecule has 0 unspecified atom stereocenters. The van der Waals surface area contributed by atoms with Crippen LogP contribution in [0.15, 0.2) is 112 Å². The third-order valence-corrected chi connectivity index (χ3v) is 7.32. The van der Waals surface area contributed by atoms with Crippen LogP contribution in [0.2, 0.25) is 0 Å². The molecule has 0 heterocycles. The zero-order valence-electron chi connectivity index (χ0n) is 22.8. The Morgan fingerprint density at radius 2 is 1.62 bits per heavy atom. The second kappa shape index (κ2) is 14.9. The standard InChI is InChI=1S/C32H28BrN3O5S/c1-40-25-14-15-29(41-2)27(19-25)35-30(37)20-42-26-13-7-12-24(18-26)34-32(39)28(17-21-8-6-11-23(33)16-21)36-31(38)22-9-4-3-5-10-22/h3-19H,20H2,1-2H3,(H,34,39)(H,35,37)(H,36,38)/b28-17+. The van der Waals surface area contributed by atoms with Crippen LogP contribution in [0.3, 0.4) is 0 Å². The van der Waals surface area contributed by atoms with Gasteiger partial charge in [0.2, 0.25) is 5.91 Å². The number of thioether (sulfide) groups is 1. The van der Waals surface area contributed by atoms with Gasteiger partial charge in [0, 0.05) is 26.7 Å². The summed E-state index contributed by atoms with van der Waals surface area (Å²) in [6, 6.07) is 28.3. The van der Waals surface area contributed by atoms with E-state index in [0.717, 1.165) is 14.9 Å². The Kier molecular flexibility index (Phi) is 10.8. The van der Waals surface area contributed by atoms with Crippen LogP contribution in [0.1, 0.15) is 15.9 Å². The first-order chi connectivity index (χ1) is 20.3. The van der Waals surface area contributed by atoms with Crippen molar-refractivity contribution in [3.05, 3.63) is 118 Å². The minimum Gasteiger partial charge on any atom is -0.497 e. The number of methoxy groups -OCH3 is 2. The van der Waals surface area contributed by atoms with Crippen LogP contribution in [-0.2, 0) is 9.59 Å². The molecule has 3 N–H and O–H groups in total. The lowest BCUT2D eigenvalue weighted by Crippen LogP contribution is -2.30. The first kappa shape index (κ1) is 30.4. The van der Waals surface area contributed by atoms with Crippen molar-refractivity contribution in [1.82, 2.24) is 5.32 Å². The Balaban J connectivity index is 1.45. The topological polar surface area (TPSA) is 106 Å². The highest BCUT2D eigenvalue weighted by Crippen LogP contribution is 2.29. The smallest absolute Gasteiger partial charge is 0.272 e. The van der Waals surface area contributed by atoms with Gasteiger partial charge in [0.25, 0.3) is 11.8 Å². The van der Waals surface area contributed by atoms with Crippen molar-refractivity contribution in [3.8, 4) is 11.5 Å². The molecule has 42 heavy (non-hydrogen) atoms. The van der Waals surface area contributed by atoms with Crippen LogP contribution in [-0.4, -0.2) is 37.7 Å². The van der Waals surface area contributed by atoms with Gasteiger partial charge in [-0.3, -0.25) is 14.4 Å². The molecular formula is C32H28BrN3O5S. The van der Waals surface area contributed by atoms with Crippen molar-refractivity contribution in [3.63, 3.8) is 0 Å². The zero-order valence-corrected chi connectivity index (χ0v) is 25.3. The average Bonchev–Trinajstić information content (AvgIpc) is 3.00. The highest BCUT2D eigenvalue weighted by atomic mass is 79.9. The summed E-state index contributed by atoms with van der Waals surface area (Å²) in [5, 5.41) is 8.43. The Morgan fingerprint density at radius 1 is 0.833 bits per heavy atom. The van der Waals surface area contributed by atoms with E-state index in [-0.39, 0.29) is 17.4 Å². The van der Waals surface area contributed by atoms with Crippen LogP contribution in [0.4, 0.5) is 11.4 Å². The van der Waals surface area contributed by atoms with Gasteiger partial charge in [-0.25, -0.2) is 0 Å². The maximum atomic E-state index is 13.4. The molecule has 0 aliphatic carbocycles. The summed E-state index contributed by atoms with van der Waals surface area (Å²) < 4.78 is 11.4. The number of rotatable bonds is 11. The fourth-order valence-electron chi connectivity index (χ4n) is 3.81. The lowest BCUT2D eigenvalue weighted by molar-refractivity contribution is -0.114. The van der Waals surface area contributed by atoms with Gasteiger partial charge in [-0.1, -0.05) is 52.3 Å². The second-order valence-electron chi connectivity index (χ2n) is 8.82. The number of ether oxygens (including phenoxy) is 2. The summed E-state index contributed by atoms with van der Waals surface area (Å²) in [7, 11) is 3.07. The number of hydrogen-bond donors (Lipinski definition) is 3. The Labute approximate surface area is 256 Å². The molecule has 8 nitrogen and oxygen atoms in total. The van der Waals surface area contributed by atoms with Crippen LogP contribution >= 0.6 is 27.7 Å². The van der Waals surface area contributed by atoms with Gasteiger partial charge in [0.05, 0.1) is 25.7 Å². The van der Waals surface area contributed by atoms with Gasteiger partial charge in [0.15, 0.2) is 0 Å². The number of nitrogens with one attached hydrogen (secondary N) is 3. The van der Waals surface area contributed by atoms with E-state index in [0.29, 0.717) is 28.4 Å². The second-order valence-corrected chi connectivity index (χ2v) is 10.8. The first-order valence-electron chi connectivity index (χ1n) is 12.7. The highest BCUT2D eigenvalue weighted by Gasteiger charge is 2.16. The monoisotopic (exact) mass is 645 g/mol. The van der Waals surface area contributed by atoms with Gasteiger partial charge in [0.1, 0.15) is 17.2 Å². The third-order valence-electron chi connectivity index (χ3n) is 5.83. The molecule has 10 heteroatoms. The average molecular weight is 647 g/mol. The molecule has 0 spiro atoms. The number of anilines is 2. The molecule has 4 rings (SSSR count). The molecule has 3 amide bonds. The number of amides is 3.